The van der Waals surface area contributed by atoms with Crippen LogP contribution in [-0.4, -0.2) is 0 Å². The highest BCUT2D eigenvalue weighted by Gasteiger charge is 2.09. The Hall–Kier alpha value is -3.90. The highest BCUT2D eigenvalue weighted by atomic mass is 14.1. The molecule has 0 radical (unpaired) electrons. The number of fused-ring (bicyclic) bond motifs is 4. The summed E-state index contributed by atoms with van der Waals surface area (Å²) in [5, 5.41) is 2.64. The molecule has 3 aliphatic carbocycles. The van der Waals surface area contributed by atoms with Gasteiger partial charge in [0.05, 0.1) is 0 Å². The Morgan fingerprint density at radius 3 is 1.60 bits per heavy atom. The molecule has 0 aliphatic heterocycles. The zero-order chi connectivity index (χ0) is 29.3. The Morgan fingerprint density at radius 1 is 0.405 bits per heavy atom. The van der Waals surface area contributed by atoms with Crippen LogP contribution >= 0.6 is 0 Å². The first kappa shape index (κ1) is 29.6. The molecule has 0 saturated heterocycles. The second-order valence-electron chi connectivity index (χ2n) is 12.3. The van der Waals surface area contributed by atoms with E-state index >= 15 is 0 Å². The van der Waals surface area contributed by atoms with E-state index in [9.17, 15) is 0 Å². The molecule has 0 nitrogen and oxygen atoms in total. The maximum absolute atomic E-state index is 2.34. The summed E-state index contributed by atoms with van der Waals surface area (Å²) in [4.78, 5) is 0. The van der Waals surface area contributed by atoms with Gasteiger partial charge in [-0.1, -0.05) is 131 Å². The lowest BCUT2D eigenvalue weighted by molar-refractivity contribution is 0.685. The van der Waals surface area contributed by atoms with Crippen LogP contribution in [0.25, 0.3) is 16.8 Å². The van der Waals surface area contributed by atoms with Crippen molar-refractivity contribution in [1.29, 1.82) is 0 Å². The van der Waals surface area contributed by atoms with Crippen molar-refractivity contribution in [2.45, 2.75) is 79.1 Å². The summed E-state index contributed by atoms with van der Waals surface area (Å²) >= 11 is 0. The van der Waals surface area contributed by atoms with E-state index in [0.717, 1.165) is 6.42 Å². The first-order valence-electron chi connectivity index (χ1n) is 15.8. The molecule has 42 heavy (non-hydrogen) atoms. The lowest BCUT2D eigenvalue weighted by Gasteiger charge is -2.15. The molecule has 214 valence electrons. The number of allylic oxidation sites excluding steroid dienone is 1. The molecule has 0 unspecified atom stereocenters. The van der Waals surface area contributed by atoms with E-state index in [1.807, 2.05) is 0 Å². The van der Waals surface area contributed by atoms with Gasteiger partial charge < -0.3 is 0 Å². The summed E-state index contributed by atoms with van der Waals surface area (Å²) in [7, 11) is 0. The predicted molar refractivity (Wildman–Crippen MR) is 184 cm³/mol. The Labute approximate surface area is 254 Å². The molecule has 0 spiro atoms. The van der Waals surface area contributed by atoms with Crippen LogP contribution < -0.4 is 0 Å². The van der Waals surface area contributed by atoms with Crippen LogP contribution in [0.4, 0.5) is 0 Å². The minimum atomic E-state index is 1.12. The van der Waals surface area contributed by atoms with Gasteiger partial charge >= 0.3 is 0 Å². The Bertz CT molecular complexity index is 1660. The lowest BCUT2D eigenvalue weighted by atomic mass is 9.91. The summed E-state index contributed by atoms with van der Waals surface area (Å²) in [6, 6.07) is 35.2. The van der Waals surface area contributed by atoms with Crippen LogP contribution in [0.1, 0.15) is 74.9 Å². The average Bonchev–Trinajstić information content (AvgIpc) is 3.67. The van der Waals surface area contributed by atoms with E-state index in [2.05, 4.69) is 137 Å². The van der Waals surface area contributed by atoms with Crippen molar-refractivity contribution in [3.63, 3.8) is 0 Å². The maximum Gasteiger partial charge on any atom is -0.00882 e. The van der Waals surface area contributed by atoms with Gasteiger partial charge in [-0.15, -0.1) is 0 Å². The fraction of sp³-hybridized carbons (Fsp3) is 0.286. The van der Waals surface area contributed by atoms with Crippen molar-refractivity contribution in [1.82, 2.24) is 0 Å². The zero-order valence-corrected chi connectivity index (χ0v) is 26.0. The van der Waals surface area contributed by atoms with Gasteiger partial charge in [0.15, 0.2) is 0 Å². The van der Waals surface area contributed by atoms with Crippen LogP contribution in [0, 0.1) is 27.7 Å². The number of rotatable bonds is 0. The smallest absolute Gasteiger partial charge is 0.00882 e. The molecule has 5 aromatic carbocycles. The topological polar surface area (TPSA) is 0 Å². The van der Waals surface area contributed by atoms with Crippen molar-refractivity contribution in [3.8, 4) is 0 Å². The first-order chi connectivity index (χ1) is 20.4. The van der Waals surface area contributed by atoms with Gasteiger partial charge in [-0.05, 0) is 123 Å². The number of hydrogen-bond donors (Lipinski definition) is 0. The molecule has 0 atom stereocenters. The van der Waals surface area contributed by atoms with Crippen LogP contribution in [0.2, 0.25) is 0 Å². The van der Waals surface area contributed by atoms with Crippen LogP contribution in [-0.2, 0) is 32.1 Å². The minimum Gasteiger partial charge on any atom is -0.0795 e. The molecule has 0 bridgehead atoms. The van der Waals surface area contributed by atoms with Crippen LogP contribution in [0.3, 0.4) is 0 Å². The molecule has 0 saturated carbocycles. The molecule has 0 N–H and O–H groups in total. The molecule has 0 heterocycles. The number of benzene rings is 5. The first-order valence-corrected chi connectivity index (χ1v) is 15.8. The average molecular weight is 551 g/mol. The van der Waals surface area contributed by atoms with E-state index in [4.69, 9.17) is 0 Å². The van der Waals surface area contributed by atoms with Crippen LogP contribution in [0.15, 0.2) is 103 Å². The fourth-order valence-electron chi connectivity index (χ4n) is 6.24. The quantitative estimate of drug-likeness (QED) is 0.180. The molecule has 0 heteroatoms. The van der Waals surface area contributed by atoms with Crippen LogP contribution in [0.5, 0.6) is 0 Å². The molecule has 0 fully saturated rings. The van der Waals surface area contributed by atoms with E-state index in [0.29, 0.717) is 0 Å². The largest absolute Gasteiger partial charge is 0.0795 e. The van der Waals surface area contributed by atoms with E-state index in [1.54, 1.807) is 22.3 Å². The molecule has 0 amide bonds. The molecule has 0 aromatic heterocycles. The molecule has 5 aromatic rings. The van der Waals surface area contributed by atoms with Gasteiger partial charge in [0.1, 0.15) is 0 Å². The van der Waals surface area contributed by atoms with Gasteiger partial charge in [0.25, 0.3) is 0 Å². The van der Waals surface area contributed by atoms with Crippen molar-refractivity contribution >= 4 is 16.8 Å². The third kappa shape index (κ3) is 8.10. The molecule has 8 rings (SSSR count). The SMILES string of the molecule is Cc1ccc2c(c1)C=CC2.Cc1ccc2c(c1)CCC2.Cc1ccc2c(c1)CCCC2.Cc1ccc2ccccc2c1. The standard InChI is InChI=1S/C11H14.C11H10.C10H12.C10H10/c2*1-9-6-7-10-4-2-3-5-11(10)8-9;2*1-8-5-6-9-3-2-4-10(9)7-8/h6-8H,2-5H2,1H3;2-8H,1H3;5-7H,2-4H2,1H3;2,4-7H,3H2,1H3. The number of hydrogen-bond acceptors (Lipinski definition) is 0. The van der Waals surface area contributed by atoms with Crippen molar-refractivity contribution in [2.24, 2.45) is 0 Å². The summed E-state index contributed by atoms with van der Waals surface area (Å²) < 4.78 is 0. The summed E-state index contributed by atoms with van der Waals surface area (Å²) in [6.07, 6.45) is 14.9. The predicted octanol–water partition coefficient (Wildman–Crippen LogP) is 11.1. The Morgan fingerprint density at radius 2 is 0.905 bits per heavy atom. The molecular formula is C42H46. The van der Waals surface area contributed by atoms with Gasteiger partial charge in [0, 0.05) is 0 Å². The zero-order valence-electron chi connectivity index (χ0n) is 26.0. The van der Waals surface area contributed by atoms with Gasteiger partial charge in [-0.25, -0.2) is 0 Å². The molecular weight excluding hydrogens is 504 g/mol. The lowest BCUT2D eigenvalue weighted by Crippen LogP contribution is -2.01. The summed E-state index contributed by atoms with van der Waals surface area (Å²) in [6.45, 7) is 8.59. The maximum atomic E-state index is 2.34. The third-order valence-electron chi connectivity index (χ3n) is 8.60. The minimum absolute atomic E-state index is 1.12. The summed E-state index contributed by atoms with van der Waals surface area (Å²) in [5.41, 5.74) is 14.7. The van der Waals surface area contributed by atoms with Crippen molar-refractivity contribution < 1.29 is 0 Å². The van der Waals surface area contributed by atoms with E-state index in [-0.39, 0.29) is 0 Å². The Kier molecular flexibility index (Phi) is 10.1. The monoisotopic (exact) mass is 550 g/mol. The fourth-order valence-corrected chi connectivity index (χ4v) is 6.24. The normalized spacial score (nSPS) is 13.8. The highest BCUT2D eigenvalue weighted by Crippen LogP contribution is 2.23. The van der Waals surface area contributed by atoms with Crippen molar-refractivity contribution in [3.05, 3.63) is 159 Å². The van der Waals surface area contributed by atoms with E-state index in [1.165, 1.54) is 89.1 Å². The highest BCUT2D eigenvalue weighted by molar-refractivity contribution is 5.82. The van der Waals surface area contributed by atoms with Gasteiger partial charge in [-0.3, -0.25) is 0 Å². The Balaban J connectivity index is 0.000000112. The second-order valence-corrected chi connectivity index (χ2v) is 12.3. The molecule has 3 aliphatic rings. The van der Waals surface area contributed by atoms with Gasteiger partial charge in [-0.2, -0.15) is 0 Å². The van der Waals surface area contributed by atoms with Crippen molar-refractivity contribution in [2.75, 3.05) is 0 Å². The number of aryl methyl sites for hydroxylation is 8. The summed E-state index contributed by atoms with van der Waals surface area (Å²) in [5.74, 6) is 0. The van der Waals surface area contributed by atoms with Gasteiger partial charge in [0.2, 0.25) is 0 Å². The van der Waals surface area contributed by atoms with E-state index < -0.39 is 0 Å². The second kappa shape index (κ2) is 14.3. The third-order valence-corrected chi connectivity index (χ3v) is 8.60.